The lowest BCUT2D eigenvalue weighted by Crippen LogP contribution is -2.06. The molecule has 0 aliphatic carbocycles. The largest absolute Gasteiger partial charge is 0.330 e. The van der Waals surface area contributed by atoms with Crippen molar-refractivity contribution in [1.82, 2.24) is 9.97 Å². The Morgan fingerprint density at radius 1 is 1.17 bits per heavy atom. The summed E-state index contributed by atoms with van der Waals surface area (Å²) in [5.74, 6) is 0.810. The van der Waals surface area contributed by atoms with Crippen molar-refractivity contribution in [3.05, 3.63) is 47.7 Å². The van der Waals surface area contributed by atoms with E-state index in [-0.39, 0.29) is 0 Å². The van der Waals surface area contributed by atoms with Crippen LogP contribution in [0.2, 0.25) is 0 Å². The molecule has 0 aliphatic rings. The van der Waals surface area contributed by atoms with Gasteiger partial charge in [0.15, 0.2) is 0 Å². The number of nitrogens with two attached hydrogens (primary N) is 1. The van der Waals surface area contributed by atoms with Crippen LogP contribution in [0, 0.1) is 0 Å². The molecule has 0 bridgehead atoms. The van der Waals surface area contributed by atoms with Gasteiger partial charge in [0.1, 0.15) is 5.82 Å². The number of hydrogen-bond acceptors (Lipinski definition) is 4. The first-order valence-electron chi connectivity index (χ1n) is 5.87. The van der Waals surface area contributed by atoms with Gasteiger partial charge >= 0.3 is 0 Å². The number of aromatic nitrogens is 2. The first-order chi connectivity index (χ1) is 8.88. The van der Waals surface area contributed by atoms with Crippen LogP contribution < -0.4 is 5.73 Å². The van der Waals surface area contributed by atoms with Crippen LogP contribution in [0.15, 0.2) is 41.9 Å². The van der Waals surface area contributed by atoms with Crippen LogP contribution in [-0.4, -0.2) is 16.5 Å². The number of fused-ring (bicyclic) bond motifs is 1. The first kappa shape index (κ1) is 11.3. The topological polar surface area (TPSA) is 51.8 Å². The van der Waals surface area contributed by atoms with Gasteiger partial charge in [0.2, 0.25) is 0 Å². The van der Waals surface area contributed by atoms with Crippen molar-refractivity contribution in [3.63, 3.8) is 0 Å². The average Bonchev–Trinajstić information content (AvgIpc) is 2.83. The van der Waals surface area contributed by atoms with E-state index >= 15 is 0 Å². The van der Waals surface area contributed by atoms with Crippen LogP contribution in [0.3, 0.4) is 0 Å². The molecule has 90 valence electrons. The van der Waals surface area contributed by atoms with Gasteiger partial charge in [0, 0.05) is 33.6 Å². The third kappa shape index (κ3) is 2.00. The molecular weight excluding hydrogens is 242 g/mol. The molecule has 1 aromatic carbocycles. The quantitative estimate of drug-likeness (QED) is 0.783. The first-order valence-corrected chi connectivity index (χ1v) is 6.75. The molecule has 0 saturated carbocycles. The Morgan fingerprint density at radius 3 is 2.94 bits per heavy atom. The molecule has 4 heteroatoms. The van der Waals surface area contributed by atoms with Crippen molar-refractivity contribution in [2.24, 2.45) is 5.73 Å². The van der Waals surface area contributed by atoms with Crippen LogP contribution in [0.4, 0.5) is 0 Å². The summed E-state index contributed by atoms with van der Waals surface area (Å²) in [7, 11) is 0. The lowest BCUT2D eigenvalue weighted by Gasteiger charge is -2.02. The predicted octanol–water partition coefficient (Wildman–Crippen LogP) is 2.86. The minimum Gasteiger partial charge on any atom is -0.330 e. The second-order valence-corrected chi connectivity index (χ2v) is 4.95. The predicted molar refractivity (Wildman–Crippen MR) is 75.6 cm³/mol. The van der Waals surface area contributed by atoms with Gasteiger partial charge in [-0.3, -0.25) is 0 Å². The molecule has 3 nitrogen and oxygen atoms in total. The zero-order valence-electron chi connectivity index (χ0n) is 9.84. The molecule has 0 atom stereocenters. The fourth-order valence-corrected chi connectivity index (χ4v) is 2.93. The van der Waals surface area contributed by atoms with Gasteiger partial charge in [-0.2, -0.15) is 0 Å². The van der Waals surface area contributed by atoms with E-state index in [1.165, 1.54) is 15.6 Å². The van der Waals surface area contributed by atoms with E-state index in [1.807, 2.05) is 6.07 Å². The summed E-state index contributed by atoms with van der Waals surface area (Å²) in [6.45, 7) is 0.577. The summed E-state index contributed by atoms with van der Waals surface area (Å²) in [5.41, 5.74) is 7.70. The summed E-state index contributed by atoms with van der Waals surface area (Å²) in [4.78, 5) is 8.80. The second kappa shape index (κ2) is 4.84. The molecule has 0 spiro atoms. The Bertz CT molecular complexity index is 675. The number of nitrogens with zero attached hydrogens (tertiary/aromatic N) is 2. The van der Waals surface area contributed by atoms with E-state index in [0.717, 1.165) is 17.9 Å². The molecule has 2 heterocycles. The highest BCUT2D eigenvalue weighted by Crippen LogP contribution is 2.32. The molecular formula is C14H13N3S. The van der Waals surface area contributed by atoms with Crippen LogP contribution in [0.1, 0.15) is 5.82 Å². The average molecular weight is 255 g/mol. The van der Waals surface area contributed by atoms with Crippen LogP contribution in [0.25, 0.3) is 21.3 Å². The smallest absolute Gasteiger partial charge is 0.130 e. The molecule has 18 heavy (non-hydrogen) atoms. The van der Waals surface area contributed by atoms with E-state index in [1.54, 1.807) is 17.5 Å². The van der Waals surface area contributed by atoms with Crippen molar-refractivity contribution in [2.75, 3.05) is 6.54 Å². The highest BCUT2D eigenvalue weighted by Gasteiger charge is 2.07. The third-order valence-electron chi connectivity index (χ3n) is 2.83. The van der Waals surface area contributed by atoms with Gasteiger partial charge < -0.3 is 5.73 Å². The maximum Gasteiger partial charge on any atom is 0.130 e. The van der Waals surface area contributed by atoms with E-state index in [0.29, 0.717) is 6.54 Å². The summed E-state index contributed by atoms with van der Waals surface area (Å²) < 4.78 is 1.28. The summed E-state index contributed by atoms with van der Waals surface area (Å²) in [5, 5.41) is 3.40. The normalized spacial score (nSPS) is 10.9. The molecule has 0 aliphatic heterocycles. The Balaban J connectivity index is 2.11. The molecule has 2 aromatic heterocycles. The van der Waals surface area contributed by atoms with Gasteiger partial charge in [0.05, 0.1) is 5.69 Å². The molecule has 0 fully saturated rings. The number of hydrogen-bond donors (Lipinski definition) is 1. The van der Waals surface area contributed by atoms with Gasteiger partial charge in [-0.15, -0.1) is 11.3 Å². The van der Waals surface area contributed by atoms with Crippen LogP contribution in [0.5, 0.6) is 0 Å². The van der Waals surface area contributed by atoms with E-state index in [2.05, 4.69) is 39.6 Å². The van der Waals surface area contributed by atoms with Gasteiger partial charge in [-0.05, 0) is 18.7 Å². The van der Waals surface area contributed by atoms with Crippen LogP contribution in [-0.2, 0) is 6.42 Å². The fraction of sp³-hybridized carbons (Fsp3) is 0.143. The zero-order valence-corrected chi connectivity index (χ0v) is 10.7. The fourth-order valence-electron chi connectivity index (χ4n) is 1.97. The van der Waals surface area contributed by atoms with Crippen molar-refractivity contribution >= 4 is 21.4 Å². The van der Waals surface area contributed by atoms with Gasteiger partial charge in [-0.1, -0.05) is 18.2 Å². The zero-order chi connectivity index (χ0) is 12.4. The maximum absolute atomic E-state index is 5.54. The van der Waals surface area contributed by atoms with Crippen molar-refractivity contribution in [2.45, 2.75) is 6.42 Å². The summed E-state index contributed by atoms with van der Waals surface area (Å²) in [6.07, 6.45) is 2.52. The monoisotopic (exact) mass is 255 g/mol. The number of benzene rings is 1. The Labute approximate surface area is 109 Å². The molecule has 3 aromatic rings. The molecule has 0 saturated heterocycles. The highest BCUT2D eigenvalue weighted by molar-refractivity contribution is 7.17. The highest BCUT2D eigenvalue weighted by atomic mass is 32.1. The van der Waals surface area contributed by atoms with E-state index in [9.17, 15) is 0 Å². The minimum absolute atomic E-state index is 0.577. The maximum atomic E-state index is 5.54. The van der Waals surface area contributed by atoms with Crippen molar-refractivity contribution in [3.8, 4) is 11.3 Å². The van der Waals surface area contributed by atoms with Gasteiger partial charge in [-0.25, -0.2) is 9.97 Å². The Kier molecular flexibility index (Phi) is 3.04. The lowest BCUT2D eigenvalue weighted by molar-refractivity contribution is 0.870. The Hall–Kier alpha value is -1.78. The van der Waals surface area contributed by atoms with Crippen molar-refractivity contribution in [1.29, 1.82) is 0 Å². The molecule has 0 radical (unpaired) electrons. The molecule has 0 unspecified atom stereocenters. The van der Waals surface area contributed by atoms with Gasteiger partial charge in [0.25, 0.3) is 0 Å². The summed E-state index contributed by atoms with van der Waals surface area (Å²) >= 11 is 1.74. The number of thiophene rings is 1. The number of rotatable bonds is 3. The molecule has 0 amide bonds. The van der Waals surface area contributed by atoms with Crippen LogP contribution >= 0.6 is 11.3 Å². The lowest BCUT2D eigenvalue weighted by atomic mass is 10.1. The minimum atomic E-state index is 0.577. The SMILES string of the molecule is NCCc1nccc(-c2csc3ccccc23)n1. The standard InChI is InChI=1S/C14H13N3S/c15-7-5-14-16-8-6-12(17-14)11-9-18-13-4-2-1-3-10(11)13/h1-4,6,8-9H,5,7,15H2. The Morgan fingerprint density at radius 2 is 2.06 bits per heavy atom. The van der Waals surface area contributed by atoms with E-state index in [4.69, 9.17) is 5.73 Å². The van der Waals surface area contributed by atoms with E-state index < -0.39 is 0 Å². The summed E-state index contributed by atoms with van der Waals surface area (Å²) in [6, 6.07) is 10.3. The second-order valence-electron chi connectivity index (χ2n) is 4.04. The molecule has 3 rings (SSSR count). The third-order valence-corrected chi connectivity index (χ3v) is 3.79. The van der Waals surface area contributed by atoms with Crippen molar-refractivity contribution < 1.29 is 0 Å². The molecule has 2 N–H and O–H groups in total.